The maximum absolute atomic E-state index is 11.2. The molecule has 0 radical (unpaired) electrons. The molecule has 0 saturated heterocycles. The van der Waals surface area contributed by atoms with Crippen molar-refractivity contribution in [3.63, 3.8) is 0 Å². The minimum Gasteiger partial charge on any atom is -0.490 e. The minimum absolute atomic E-state index is 0.127. The van der Waals surface area contributed by atoms with Gasteiger partial charge in [0.2, 0.25) is 0 Å². The molecule has 0 aromatic heterocycles. The first-order valence-corrected chi connectivity index (χ1v) is 5.67. The summed E-state index contributed by atoms with van der Waals surface area (Å²) in [5.74, 6) is 0.460. The fourth-order valence-electron chi connectivity index (χ4n) is 1.10. The second-order valence-corrected chi connectivity index (χ2v) is 4.47. The van der Waals surface area contributed by atoms with Crippen molar-refractivity contribution >= 4 is 28.6 Å². The van der Waals surface area contributed by atoms with Crippen LogP contribution >= 0.6 is 22.6 Å². The molecule has 0 atom stereocenters. The molecule has 3 nitrogen and oxygen atoms in total. The lowest BCUT2D eigenvalue weighted by atomic mass is 10.2. The third-order valence-corrected chi connectivity index (χ3v) is 2.56. The van der Waals surface area contributed by atoms with E-state index in [1.165, 1.54) is 7.11 Å². The minimum atomic E-state index is -0.330. The van der Waals surface area contributed by atoms with E-state index in [9.17, 15) is 4.79 Å². The van der Waals surface area contributed by atoms with Gasteiger partial charge in [-0.2, -0.15) is 0 Å². The number of hydrogen-bond donors (Lipinski definition) is 0. The summed E-state index contributed by atoms with van der Waals surface area (Å²) in [7, 11) is 1.37. The van der Waals surface area contributed by atoms with E-state index in [4.69, 9.17) is 4.74 Å². The molecular formula is C11H13IO3. The normalized spacial score (nSPS) is 10.2. The van der Waals surface area contributed by atoms with Crippen molar-refractivity contribution in [1.29, 1.82) is 0 Å². The van der Waals surface area contributed by atoms with E-state index in [0.717, 1.165) is 9.32 Å². The van der Waals surface area contributed by atoms with Gasteiger partial charge in [0, 0.05) is 0 Å². The van der Waals surface area contributed by atoms with Gasteiger partial charge in [0.15, 0.2) is 0 Å². The molecular weight excluding hydrogens is 307 g/mol. The number of hydrogen-bond acceptors (Lipinski definition) is 3. The third kappa shape index (κ3) is 3.37. The van der Waals surface area contributed by atoms with Crippen molar-refractivity contribution < 1.29 is 14.3 Å². The molecule has 82 valence electrons. The Bertz CT molecular complexity index is 361. The molecule has 0 fully saturated rings. The van der Waals surface area contributed by atoms with Gasteiger partial charge >= 0.3 is 5.97 Å². The summed E-state index contributed by atoms with van der Waals surface area (Å²) in [6, 6.07) is 5.24. The highest BCUT2D eigenvalue weighted by Gasteiger charge is 2.09. The van der Waals surface area contributed by atoms with E-state index in [2.05, 4.69) is 27.3 Å². The Morgan fingerprint density at radius 3 is 2.53 bits per heavy atom. The van der Waals surface area contributed by atoms with Gasteiger partial charge in [0.05, 0.1) is 22.3 Å². The zero-order valence-corrected chi connectivity index (χ0v) is 11.1. The topological polar surface area (TPSA) is 35.5 Å². The second-order valence-electron chi connectivity index (χ2n) is 3.30. The first-order chi connectivity index (χ1) is 7.04. The van der Waals surface area contributed by atoms with Crippen LogP contribution in [-0.4, -0.2) is 19.2 Å². The van der Waals surface area contributed by atoms with Crippen LogP contribution in [0.2, 0.25) is 0 Å². The van der Waals surface area contributed by atoms with Crippen molar-refractivity contribution in [2.24, 2.45) is 0 Å². The van der Waals surface area contributed by atoms with Gasteiger partial charge in [0.1, 0.15) is 5.75 Å². The molecule has 0 heterocycles. The van der Waals surface area contributed by atoms with Crippen LogP contribution < -0.4 is 4.74 Å². The van der Waals surface area contributed by atoms with E-state index in [-0.39, 0.29) is 12.1 Å². The smallest absolute Gasteiger partial charge is 0.337 e. The van der Waals surface area contributed by atoms with Crippen molar-refractivity contribution in [1.82, 2.24) is 0 Å². The molecule has 0 aliphatic carbocycles. The summed E-state index contributed by atoms with van der Waals surface area (Å²) >= 11 is 2.14. The van der Waals surface area contributed by atoms with Crippen LogP contribution in [-0.2, 0) is 4.74 Å². The number of carbonyl (C=O) groups is 1. The summed E-state index contributed by atoms with van der Waals surface area (Å²) in [6.07, 6.45) is 0.127. The quantitative estimate of drug-likeness (QED) is 0.635. The van der Waals surface area contributed by atoms with Crippen LogP contribution in [0.1, 0.15) is 24.2 Å². The number of esters is 1. The summed E-state index contributed by atoms with van der Waals surface area (Å²) < 4.78 is 11.1. The highest BCUT2D eigenvalue weighted by Crippen LogP contribution is 2.23. The zero-order valence-electron chi connectivity index (χ0n) is 8.91. The summed E-state index contributed by atoms with van der Waals surface area (Å²) in [4.78, 5) is 11.2. The molecule has 0 spiro atoms. The standard InChI is InChI=1S/C11H13IO3/c1-7(2)15-10-5-4-8(6-9(10)12)11(13)14-3/h4-7H,1-3H3. The van der Waals surface area contributed by atoms with Crippen molar-refractivity contribution in [3.05, 3.63) is 27.3 Å². The van der Waals surface area contributed by atoms with E-state index in [1.807, 2.05) is 13.8 Å². The monoisotopic (exact) mass is 320 g/mol. The van der Waals surface area contributed by atoms with E-state index in [1.54, 1.807) is 18.2 Å². The lowest BCUT2D eigenvalue weighted by molar-refractivity contribution is 0.0600. The average Bonchev–Trinajstić information content (AvgIpc) is 2.19. The molecule has 4 heteroatoms. The molecule has 0 unspecified atom stereocenters. The van der Waals surface area contributed by atoms with Crippen LogP contribution in [0, 0.1) is 3.57 Å². The fourth-order valence-corrected chi connectivity index (χ4v) is 1.74. The van der Waals surface area contributed by atoms with Crippen LogP contribution in [0.4, 0.5) is 0 Å². The Hall–Kier alpha value is -0.780. The van der Waals surface area contributed by atoms with Crippen molar-refractivity contribution in [2.45, 2.75) is 20.0 Å². The molecule has 15 heavy (non-hydrogen) atoms. The molecule has 0 saturated carbocycles. The molecule has 0 bridgehead atoms. The SMILES string of the molecule is COC(=O)c1ccc(OC(C)C)c(I)c1. The zero-order chi connectivity index (χ0) is 11.4. The Balaban J connectivity index is 2.93. The first-order valence-electron chi connectivity index (χ1n) is 4.59. The Kier molecular flexibility index (Phi) is 4.38. The Morgan fingerprint density at radius 1 is 1.40 bits per heavy atom. The molecule has 0 aliphatic heterocycles. The highest BCUT2D eigenvalue weighted by molar-refractivity contribution is 14.1. The predicted octanol–water partition coefficient (Wildman–Crippen LogP) is 2.87. The van der Waals surface area contributed by atoms with Gasteiger partial charge in [-0.05, 0) is 54.6 Å². The number of halogens is 1. The summed E-state index contributed by atoms with van der Waals surface area (Å²) in [5.41, 5.74) is 0.540. The largest absolute Gasteiger partial charge is 0.490 e. The van der Waals surface area contributed by atoms with Crippen LogP contribution in [0.25, 0.3) is 0 Å². The average molecular weight is 320 g/mol. The van der Waals surface area contributed by atoms with Crippen LogP contribution in [0.3, 0.4) is 0 Å². The van der Waals surface area contributed by atoms with Gasteiger partial charge < -0.3 is 9.47 Å². The van der Waals surface area contributed by atoms with Gasteiger partial charge in [-0.3, -0.25) is 0 Å². The number of ether oxygens (including phenoxy) is 2. The van der Waals surface area contributed by atoms with Gasteiger partial charge in [-0.25, -0.2) is 4.79 Å². The second kappa shape index (κ2) is 5.34. The number of benzene rings is 1. The van der Waals surface area contributed by atoms with Crippen molar-refractivity contribution in [3.8, 4) is 5.75 Å². The van der Waals surface area contributed by atoms with Crippen LogP contribution in [0.5, 0.6) is 5.75 Å². The molecule has 1 rings (SSSR count). The van der Waals surface area contributed by atoms with E-state index in [0.29, 0.717) is 5.56 Å². The molecule has 0 N–H and O–H groups in total. The summed E-state index contributed by atoms with van der Waals surface area (Å²) in [6.45, 7) is 3.93. The number of rotatable bonds is 3. The fraction of sp³-hybridized carbons (Fsp3) is 0.364. The maximum atomic E-state index is 11.2. The van der Waals surface area contributed by atoms with E-state index < -0.39 is 0 Å². The number of methoxy groups -OCH3 is 1. The van der Waals surface area contributed by atoms with Gasteiger partial charge in [0.25, 0.3) is 0 Å². The van der Waals surface area contributed by atoms with Crippen molar-refractivity contribution in [2.75, 3.05) is 7.11 Å². The highest BCUT2D eigenvalue weighted by atomic mass is 127. The maximum Gasteiger partial charge on any atom is 0.337 e. The lowest BCUT2D eigenvalue weighted by Crippen LogP contribution is -2.08. The number of carbonyl (C=O) groups excluding carboxylic acids is 1. The first kappa shape index (κ1) is 12.3. The Morgan fingerprint density at radius 2 is 2.07 bits per heavy atom. The van der Waals surface area contributed by atoms with Gasteiger partial charge in [-0.1, -0.05) is 0 Å². The lowest BCUT2D eigenvalue weighted by Gasteiger charge is -2.11. The molecule has 0 amide bonds. The van der Waals surface area contributed by atoms with E-state index >= 15 is 0 Å². The molecule has 1 aromatic rings. The molecule has 1 aromatic carbocycles. The summed E-state index contributed by atoms with van der Waals surface area (Å²) in [5, 5.41) is 0. The van der Waals surface area contributed by atoms with Crippen LogP contribution in [0.15, 0.2) is 18.2 Å². The molecule has 0 aliphatic rings. The Labute approximate surface area is 103 Å². The predicted molar refractivity (Wildman–Crippen MR) is 66.3 cm³/mol. The third-order valence-electron chi connectivity index (χ3n) is 1.72. The van der Waals surface area contributed by atoms with Gasteiger partial charge in [-0.15, -0.1) is 0 Å².